The molecule has 0 radical (unpaired) electrons. The van der Waals surface area contributed by atoms with Gasteiger partial charge in [-0.2, -0.15) is 0 Å². The smallest absolute Gasteiger partial charge is 0.0702 e. The predicted molar refractivity (Wildman–Crippen MR) is 68.5 cm³/mol. The Morgan fingerprint density at radius 1 is 1.06 bits per heavy atom. The highest BCUT2D eigenvalue weighted by molar-refractivity contribution is 5.59. The Labute approximate surface area is 97.2 Å². The molecule has 0 atom stereocenters. The van der Waals surface area contributed by atoms with Gasteiger partial charge >= 0.3 is 0 Å². The number of hydrogen-bond acceptors (Lipinski definition) is 1. The second kappa shape index (κ2) is 4.48. The second-order valence-electron chi connectivity index (χ2n) is 4.50. The molecule has 0 amide bonds. The zero-order valence-electron chi connectivity index (χ0n) is 10.1. The molecule has 0 fully saturated rings. The third kappa shape index (κ3) is 2.30. The molecule has 82 valence electrons. The van der Waals surface area contributed by atoms with Gasteiger partial charge in [0.1, 0.15) is 0 Å². The van der Waals surface area contributed by atoms with Gasteiger partial charge in [-0.15, -0.1) is 0 Å². The second-order valence-corrected chi connectivity index (χ2v) is 4.50. The van der Waals surface area contributed by atoms with Crippen molar-refractivity contribution in [2.75, 3.05) is 0 Å². The van der Waals surface area contributed by atoms with Crippen molar-refractivity contribution in [2.45, 2.75) is 26.7 Å². The minimum atomic E-state index is 0.541. The van der Waals surface area contributed by atoms with E-state index in [0.29, 0.717) is 5.92 Å². The number of hydrogen-bond donors (Lipinski definition) is 0. The van der Waals surface area contributed by atoms with Crippen molar-refractivity contribution in [2.24, 2.45) is 0 Å². The third-order valence-electron chi connectivity index (χ3n) is 2.77. The van der Waals surface area contributed by atoms with E-state index in [4.69, 9.17) is 0 Å². The summed E-state index contributed by atoms with van der Waals surface area (Å²) in [5, 5.41) is 0. The molecule has 0 N–H and O–H groups in total. The van der Waals surface area contributed by atoms with Crippen molar-refractivity contribution in [1.82, 2.24) is 4.98 Å². The molecule has 0 bridgehead atoms. The standard InChI is InChI=1S/C15H17N/c1-11(2)14-7-8-15(16-10-14)13-6-4-5-12(3)9-13/h4-11H,1-3H3. The van der Waals surface area contributed by atoms with E-state index in [1.165, 1.54) is 16.7 Å². The summed E-state index contributed by atoms with van der Waals surface area (Å²) in [5.41, 5.74) is 4.80. The lowest BCUT2D eigenvalue weighted by Crippen LogP contribution is -1.90. The maximum Gasteiger partial charge on any atom is 0.0702 e. The Morgan fingerprint density at radius 2 is 1.88 bits per heavy atom. The van der Waals surface area contributed by atoms with Gasteiger partial charge in [0, 0.05) is 11.8 Å². The molecule has 1 nitrogen and oxygen atoms in total. The number of aromatic nitrogens is 1. The van der Waals surface area contributed by atoms with Crippen LogP contribution < -0.4 is 0 Å². The van der Waals surface area contributed by atoms with Gasteiger partial charge in [-0.1, -0.05) is 43.7 Å². The molecule has 0 aliphatic carbocycles. The lowest BCUT2D eigenvalue weighted by molar-refractivity contribution is 0.859. The first-order valence-corrected chi connectivity index (χ1v) is 5.70. The quantitative estimate of drug-likeness (QED) is 0.726. The van der Waals surface area contributed by atoms with E-state index in [-0.39, 0.29) is 0 Å². The molecule has 0 saturated heterocycles. The summed E-state index contributed by atoms with van der Waals surface area (Å²) in [6.45, 7) is 6.47. The molecular formula is C15H17N. The fourth-order valence-corrected chi connectivity index (χ4v) is 1.72. The number of nitrogens with zero attached hydrogens (tertiary/aromatic N) is 1. The summed E-state index contributed by atoms with van der Waals surface area (Å²) in [5.74, 6) is 0.541. The van der Waals surface area contributed by atoms with Crippen molar-refractivity contribution >= 4 is 0 Å². The predicted octanol–water partition coefficient (Wildman–Crippen LogP) is 4.18. The van der Waals surface area contributed by atoms with E-state index in [0.717, 1.165) is 5.69 Å². The van der Waals surface area contributed by atoms with Gasteiger partial charge in [0.25, 0.3) is 0 Å². The normalized spacial score (nSPS) is 10.8. The van der Waals surface area contributed by atoms with E-state index < -0.39 is 0 Å². The SMILES string of the molecule is Cc1cccc(-c2ccc(C(C)C)cn2)c1. The van der Waals surface area contributed by atoms with Crippen LogP contribution in [0.2, 0.25) is 0 Å². The van der Waals surface area contributed by atoms with Crippen LogP contribution in [0, 0.1) is 6.92 Å². The van der Waals surface area contributed by atoms with Crippen LogP contribution >= 0.6 is 0 Å². The van der Waals surface area contributed by atoms with Crippen LogP contribution in [0.25, 0.3) is 11.3 Å². The molecule has 1 heterocycles. The number of aryl methyl sites for hydroxylation is 1. The molecule has 1 heteroatoms. The topological polar surface area (TPSA) is 12.9 Å². The van der Waals surface area contributed by atoms with Gasteiger partial charge in [0.05, 0.1) is 5.69 Å². The van der Waals surface area contributed by atoms with E-state index in [1.807, 2.05) is 6.20 Å². The number of rotatable bonds is 2. The molecule has 2 aromatic rings. The molecule has 1 aromatic carbocycles. The average Bonchev–Trinajstić information content (AvgIpc) is 2.29. The number of pyridine rings is 1. The van der Waals surface area contributed by atoms with Gasteiger partial charge in [-0.05, 0) is 30.5 Å². The van der Waals surface area contributed by atoms with Gasteiger partial charge in [0.2, 0.25) is 0 Å². The maximum atomic E-state index is 4.51. The first-order valence-electron chi connectivity index (χ1n) is 5.70. The van der Waals surface area contributed by atoms with Gasteiger partial charge in [-0.3, -0.25) is 4.98 Å². The molecule has 0 spiro atoms. The van der Waals surface area contributed by atoms with Gasteiger partial charge in [-0.25, -0.2) is 0 Å². The van der Waals surface area contributed by atoms with E-state index in [9.17, 15) is 0 Å². The maximum absolute atomic E-state index is 4.51. The lowest BCUT2D eigenvalue weighted by Gasteiger charge is -2.06. The summed E-state index contributed by atoms with van der Waals surface area (Å²) in [7, 11) is 0. The molecular weight excluding hydrogens is 194 g/mol. The Balaban J connectivity index is 2.35. The Kier molecular flexibility index (Phi) is 3.04. The van der Waals surface area contributed by atoms with Crippen molar-refractivity contribution < 1.29 is 0 Å². The van der Waals surface area contributed by atoms with Crippen molar-refractivity contribution in [3.63, 3.8) is 0 Å². The van der Waals surface area contributed by atoms with Crippen molar-refractivity contribution in [3.8, 4) is 11.3 Å². The Bertz CT molecular complexity index is 469. The van der Waals surface area contributed by atoms with Crippen LogP contribution in [-0.4, -0.2) is 4.98 Å². The lowest BCUT2D eigenvalue weighted by atomic mass is 10.0. The monoisotopic (exact) mass is 211 g/mol. The molecule has 0 saturated carbocycles. The van der Waals surface area contributed by atoms with Crippen molar-refractivity contribution in [3.05, 3.63) is 53.7 Å². The molecule has 2 rings (SSSR count). The van der Waals surface area contributed by atoms with Crippen molar-refractivity contribution in [1.29, 1.82) is 0 Å². The zero-order chi connectivity index (χ0) is 11.5. The third-order valence-corrected chi connectivity index (χ3v) is 2.77. The highest BCUT2D eigenvalue weighted by atomic mass is 14.7. The van der Waals surface area contributed by atoms with E-state index >= 15 is 0 Å². The highest BCUT2D eigenvalue weighted by Gasteiger charge is 2.02. The van der Waals surface area contributed by atoms with Gasteiger partial charge in [0.15, 0.2) is 0 Å². The molecule has 0 aliphatic rings. The van der Waals surface area contributed by atoms with Crippen LogP contribution in [0.3, 0.4) is 0 Å². The van der Waals surface area contributed by atoms with E-state index in [2.05, 4.69) is 62.2 Å². The zero-order valence-corrected chi connectivity index (χ0v) is 10.1. The fourth-order valence-electron chi connectivity index (χ4n) is 1.72. The summed E-state index contributed by atoms with van der Waals surface area (Å²) in [4.78, 5) is 4.51. The molecule has 0 unspecified atom stereocenters. The highest BCUT2D eigenvalue weighted by Crippen LogP contribution is 2.20. The fraction of sp³-hybridized carbons (Fsp3) is 0.267. The summed E-state index contributed by atoms with van der Waals surface area (Å²) in [6, 6.07) is 12.7. The largest absolute Gasteiger partial charge is 0.256 e. The Morgan fingerprint density at radius 3 is 2.44 bits per heavy atom. The van der Waals surface area contributed by atoms with Crippen LogP contribution in [0.1, 0.15) is 30.9 Å². The average molecular weight is 211 g/mol. The van der Waals surface area contributed by atoms with Crippen LogP contribution in [0.15, 0.2) is 42.6 Å². The van der Waals surface area contributed by atoms with Gasteiger partial charge < -0.3 is 0 Å². The first-order chi connectivity index (χ1) is 7.66. The molecule has 16 heavy (non-hydrogen) atoms. The minimum absolute atomic E-state index is 0.541. The first kappa shape index (κ1) is 10.9. The van der Waals surface area contributed by atoms with Crippen LogP contribution in [0.4, 0.5) is 0 Å². The van der Waals surface area contributed by atoms with Crippen LogP contribution in [0.5, 0.6) is 0 Å². The van der Waals surface area contributed by atoms with E-state index in [1.54, 1.807) is 0 Å². The minimum Gasteiger partial charge on any atom is -0.256 e. The summed E-state index contributed by atoms with van der Waals surface area (Å²) in [6.07, 6.45) is 1.97. The summed E-state index contributed by atoms with van der Waals surface area (Å²) < 4.78 is 0. The Hall–Kier alpha value is -1.63. The molecule has 1 aromatic heterocycles. The number of benzene rings is 1. The molecule has 0 aliphatic heterocycles. The summed E-state index contributed by atoms with van der Waals surface area (Å²) >= 11 is 0. The van der Waals surface area contributed by atoms with Crippen LogP contribution in [-0.2, 0) is 0 Å².